The molecule has 0 fully saturated rings. The van der Waals surface area contributed by atoms with Gasteiger partial charge in [-0.15, -0.1) is 0 Å². The van der Waals surface area contributed by atoms with Crippen LogP contribution in [0.2, 0.25) is 0 Å². The van der Waals surface area contributed by atoms with Gasteiger partial charge >= 0.3 is 17.9 Å². The normalized spacial score (nSPS) is 13.6. The van der Waals surface area contributed by atoms with E-state index in [0.717, 1.165) is 167 Å². The molecule has 0 amide bonds. The summed E-state index contributed by atoms with van der Waals surface area (Å²) in [5.41, 5.74) is 0. The lowest BCUT2D eigenvalue weighted by Gasteiger charge is -2.18. The van der Waals surface area contributed by atoms with E-state index >= 15 is 0 Å². The van der Waals surface area contributed by atoms with Crippen molar-refractivity contribution < 1.29 is 28.6 Å². The van der Waals surface area contributed by atoms with Crippen molar-refractivity contribution in [2.24, 2.45) is 0 Å². The Morgan fingerprint density at radius 2 is 0.494 bits per heavy atom. The second kappa shape index (κ2) is 66.5. The molecule has 0 saturated heterocycles. The van der Waals surface area contributed by atoms with E-state index in [0.29, 0.717) is 19.3 Å². The molecule has 0 saturated carbocycles. The van der Waals surface area contributed by atoms with E-state index in [-0.39, 0.29) is 38.0 Å². The molecule has 0 rings (SSSR count). The highest BCUT2D eigenvalue weighted by atomic mass is 16.6. The van der Waals surface area contributed by atoms with Gasteiger partial charge < -0.3 is 14.2 Å². The Balaban J connectivity index is 4.49. The second-order valence-electron chi connectivity index (χ2n) is 19.8. The third-order valence-electron chi connectivity index (χ3n) is 12.2. The predicted octanol–water partition coefficient (Wildman–Crippen LogP) is 22.0. The van der Waals surface area contributed by atoms with E-state index in [4.69, 9.17) is 14.2 Å². The van der Waals surface area contributed by atoms with Crippen molar-refractivity contribution in [3.05, 3.63) is 207 Å². The van der Waals surface area contributed by atoms with Crippen LogP contribution in [-0.2, 0) is 28.6 Å². The summed E-state index contributed by atoms with van der Waals surface area (Å²) in [4.78, 5) is 38.2. The first-order valence-electron chi connectivity index (χ1n) is 31.6. The van der Waals surface area contributed by atoms with Crippen molar-refractivity contribution >= 4 is 17.9 Å². The van der Waals surface area contributed by atoms with Gasteiger partial charge in [0, 0.05) is 19.3 Å². The molecule has 448 valence electrons. The Hall–Kier alpha value is -6.01. The topological polar surface area (TPSA) is 78.9 Å². The molecule has 0 aromatic rings. The molecule has 0 spiro atoms. The Bertz CT molecular complexity index is 2000. The molecule has 6 heteroatoms. The van der Waals surface area contributed by atoms with Gasteiger partial charge in [-0.1, -0.05) is 253 Å². The van der Waals surface area contributed by atoms with Crippen molar-refractivity contribution in [1.29, 1.82) is 0 Å². The number of esters is 3. The van der Waals surface area contributed by atoms with Crippen molar-refractivity contribution in [3.8, 4) is 0 Å². The second-order valence-corrected chi connectivity index (χ2v) is 19.8. The van der Waals surface area contributed by atoms with Crippen LogP contribution in [-0.4, -0.2) is 37.2 Å². The minimum absolute atomic E-state index is 0.133. The first-order valence-corrected chi connectivity index (χ1v) is 31.6. The van der Waals surface area contributed by atoms with E-state index in [2.05, 4.69) is 227 Å². The molecule has 6 nitrogen and oxygen atoms in total. The van der Waals surface area contributed by atoms with Crippen LogP contribution in [0.3, 0.4) is 0 Å². The summed E-state index contributed by atoms with van der Waals surface area (Å²) in [6.45, 7) is 6.22. The van der Waals surface area contributed by atoms with E-state index < -0.39 is 12.1 Å². The van der Waals surface area contributed by atoms with Crippen molar-refractivity contribution in [2.75, 3.05) is 13.2 Å². The largest absolute Gasteiger partial charge is 0.462 e. The lowest BCUT2D eigenvalue weighted by molar-refractivity contribution is -0.167. The molecule has 0 aliphatic rings. The van der Waals surface area contributed by atoms with Gasteiger partial charge in [0.1, 0.15) is 13.2 Å². The number of allylic oxidation sites excluding steroid dienone is 34. The maximum absolute atomic E-state index is 12.9. The van der Waals surface area contributed by atoms with Gasteiger partial charge in [-0.25, -0.2) is 0 Å². The maximum Gasteiger partial charge on any atom is 0.306 e. The van der Waals surface area contributed by atoms with Gasteiger partial charge in [0.05, 0.1) is 0 Å². The number of unbranched alkanes of at least 4 members (excludes halogenated alkanes) is 9. The van der Waals surface area contributed by atoms with Crippen LogP contribution < -0.4 is 0 Å². The molecular weight excluding hydrogens is 997 g/mol. The monoisotopic (exact) mass is 1110 g/mol. The SMILES string of the molecule is CC/C=C\C/C=C\C/C=C\C/C=C\C/C=C\C/C=C\C/C=C\C/C=C\C/C=C\C/C=C\CCCCC(=O)OCC(COC(=O)CCCCCCC/C=C\C/C=C\CCC)OC(=O)CCC/C=C\C/C=C\C/C=C\C/C=C\C/C=C\CC. The first-order chi connectivity index (χ1) is 40.0. The Kier molecular flexibility index (Phi) is 61.6. The van der Waals surface area contributed by atoms with E-state index in [9.17, 15) is 14.4 Å². The van der Waals surface area contributed by atoms with E-state index in [1.807, 2.05) is 0 Å². The minimum atomic E-state index is -0.845. The quantitative estimate of drug-likeness (QED) is 0.0261. The average molecular weight is 1110 g/mol. The smallest absolute Gasteiger partial charge is 0.306 e. The Morgan fingerprint density at radius 1 is 0.259 bits per heavy atom. The first kappa shape index (κ1) is 75.0. The van der Waals surface area contributed by atoms with Crippen molar-refractivity contribution in [1.82, 2.24) is 0 Å². The van der Waals surface area contributed by atoms with Gasteiger partial charge in [0.25, 0.3) is 0 Å². The molecule has 1 atom stereocenters. The average Bonchev–Trinajstić information content (AvgIpc) is 3.46. The van der Waals surface area contributed by atoms with Gasteiger partial charge in [-0.3, -0.25) is 14.4 Å². The minimum Gasteiger partial charge on any atom is -0.462 e. The Morgan fingerprint density at radius 3 is 0.815 bits per heavy atom. The molecule has 0 bridgehead atoms. The highest BCUT2D eigenvalue weighted by molar-refractivity contribution is 5.71. The van der Waals surface area contributed by atoms with Crippen molar-refractivity contribution in [3.63, 3.8) is 0 Å². The molecule has 0 heterocycles. The van der Waals surface area contributed by atoms with Crippen LogP contribution in [0, 0.1) is 0 Å². The molecule has 0 aliphatic heterocycles. The number of hydrogen-bond donors (Lipinski definition) is 0. The predicted molar refractivity (Wildman–Crippen MR) is 352 cm³/mol. The van der Waals surface area contributed by atoms with Crippen LogP contribution in [0.15, 0.2) is 207 Å². The standard InChI is InChI=1S/C75H112O6/c1-4-7-10-13-16-19-22-25-27-29-30-31-32-33-34-35-36-37-38-39-40-41-42-43-44-46-47-50-53-56-59-62-65-68-74(77)80-71-72(70-79-73(76)67-64-61-58-55-52-49-24-21-18-15-12-9-6-3)81-75(78)69-66-63-60-57-54-51-48-45-28-26-23-20-17-14-11-8-5-2/h7-8,10-12,15-17,19-21,24-28,30-31,33-34,36-37,39-40,42-43,46-48,51,53,56-57,60,72H,4-6,9,13-14,18,22-23,29,32,35,38,41,44-45,49-50,52,54-55,58-59,61-71H2,1-3H3/b10-7-,11-8-,15-12-,19-16-,20-17-,24-21-,27-25-,28-26-,31-30-,34-33-,37-36-,40-39-,43-42-,47-46-,51-48-,56-53-,60-57-. The van der Waals surface area contributed by atoms with Crippen LogP contribution in [0.5, 0.6) is 0 Å². The maximum atomic E-state index is 12.9. The molecule has 0 aliphatic carbocycles. The number of carbonyl (C=O) groups is 3. The van der Waals surface area contributed by atoms with Gasteiger partial charge in [-0.2, -0.15) is 0 Å². The highest BCUT2D eigenvalue weighted by Gasteiger charge is 2.19. The summed E-state index contributed by atoms with van der Waals surface area (Å²) in [5.74, 6) is -1.06. The van der Waals surface area contributed by atoms with Gasteiger partial charge in [0.2, 0.25) is 0 Å². The van der Waals surface area contributed by atoms with Gasteiger partial charge in [0.15, 0.2) is 6.10 Å². The highest BCUT2D eigenvalue weighted by Crippen LogP contribution is 2.11. The molecule has 0 aromatic carbocycles. The summed E-state index contributed by atoms with van der Waals surface area (Å²) in [6.07, 6.45) is 103. The fourth-order valence-corrected chi connectivity index (χ4v) is 7.60. The summed E-state index contributed by atoms with van der Waals surface area (Å²) in [5, 5.41) is 0. The summed E-state index contributed by atoms with van der Waals surface area (Å²) < 4.78 is 16.8. The van der Waals surface area contributed by atoms with Crippen LogP contribution in [0.25, 0.3) is 0 Å². The zero-order valence-electron chi connectivity index (χ0n) is 51.2. The molecule has 1 unspecified atom stereocenters. The molecular formula is C75H112O6. The fourth-order valence-electron chi connectivity index (χ4n) is 7.60. The number of carbonyl (C=O) groups excluding carboxylic acids is 3. The number of hydrogen-bond acceptors (Lipinski definition) is 6. The summed E-state index contributed by atoms with van der Waals surface area (Å²) >= 11 is 0. The van der Waals surface area contributed by atoms with Gasteiger partial charge in [-0.05, 0) is 161 Å². The van der Waals surface area contributed by atoms with Crippen molar-refractivity contribution in [2.45, 2.75) is 232 Å². The number of rotatable bonds is 54. The third-order valence-corrected chi connectivity index (χ3v) is 12.2. The molecule has 81 heavy (non-hydrogen) atoms. The van der Waals surface area contributed by atoms with Crippen LogP contribution >= 0.6 is 0 Å². The summed E-state index contributed by atoms with van der Waals surface area (Å²) in [6, 6.07) is 0. The van der Waals surface area contributed by atoms with Crippen LogP contribution in [0.4, 0.5) is 0 Å². The van der Waals surface area contributed by atoms with E-state index in [1.54, 1.807) is 0 Å². The molecule has 0 aromatic heterocycles. The molecule has 0 radical (unpaired) electrons. The summed E-state index contributed by atoms with van der Waals surface area (Å²) in [7, 11) is 0. The molecule has 0 N–H and O–H groups in total. The van der Waals surface area contributed by atoms with E-state index in [1.165, 1.54) is 6.42 Å². The third kappa shape index (κ3) is 64.7. The lowest BCUT2D eigenvalue weighted by atomic mass is 10.1. The zero-order valence-corrected chi connectivity index (χ0v) is 51.2. The number of ether oxygens (including phenoxy) is 3. The lowest BCUT2D eigenvalue weighted by Crippen LogP contribution is -2.30. The zero-order chi connectivity index (χ0) is 58.5. The Labute approximate surface area is 496 Å². The van der Waals surface area contributed by atoms with Crippen LogP contribution in [0.1, 0.15) is 226 Å². The fraction of sp³-hybridized carbons (Fsp3) is 0.507.